The number of carboxylic acids is 2. The predicted octanol–water partition coefficient (Wildman–Crippen LogP) is 14.9. The van der Waals surface area contributed by atoms with E-state index in [-0.39, 0.29) is 90.1 Å². The van der Waals surface area contributed by atoms with Crippen molar-refractivity contribution in [2.45, 2.75) is 123 Å². The average molecular weight is 1760 g/mol. The predicted molar refractivity (Wildman–Crippen MR) is 394 cm³/mol. The first-order chi connectivity index (χ1) is 47.5. The fourth-order valence-corrected chi connectivity index (χ4v) is 10.1. The zero-order valence-electron chi connectivity index (χ0n) is 55.7. The summed E-state index contributed by atoms with van der Waals surface area (Å²) in [5, 5.41) is 50.4. The molecule has 105 heavy (non-hydrogen) atoms. The molecule has 3 aliphatic rings. The molecule has 0 bridgehead atoms. The highest BCUT2D eigenvalue weighted by molar-refractivity contribution is 9.09. The molecule has 6 atom stereocenters. The number of esters is 1. The van der Waals surface area contributed by atoms with E-state index in [0.29, 0.717) is 47.4 Å². The van der Waals surface area contributed by atoms with Gasteiger partial charge < -0.3 is 56.4 Å². The topological polar surface area (TPSA) is 300 Å². The Kier molecular flexibility index (Phi) is 39.5. The van der Waals surface area contributed by atoms with Crippen LogP contribution in [0.3, 0.4) is 0 Å². The minimum absolute atomic E-state index is 0. The van der Waals surface area contributed by atoms with E-state index in [1.807, 2.05) is 0 Å². The molecule has 574 valence electrons. The van der Waals surface area contributed by atoms with Gasteiger partial charge >= 0.3 is 36.4 Å². The Hall–Kier alpha value is -7.65. The summed E-state index contributed by atoms with van der Waals surface area (Å²) in [7, 11) is 0. The van der Waals surface area contributed by atoms with Crippen molar-refractivity contribution in [2.24, 2.45) is 0 Å². The van der Waals surface area contributed by atoms with Crippen LogP contribution in [0.25, 0.3) is 14.5 Å². The van der Waals surface area contributed by atoms with Crippen LogP contribution in [-0.4, -0.2) is 146 Å². The van der Waals surface area contributed by atoms with Crippen LogP contribution in [0.2, 0.25) is 0 Å². The van der Waals surface area contributed by atoms with Crippen molar-refractivity contribution < 1.29 is 112 Å². The number of morpholine rings is 1. The maximum atomic E-state index is 13.0. The van der Waals surface area contributed by atoms with Crippen LogP contribution in [0.4, 0.5) is 82.4 Å². The van der Waals surface area contributed by atoms with Gasteiger partial charge in [0.25, 0.3) is 17.7 Å². The van der Waals surface area contributed by atoms with Crippen molar-refractivity contribution >= 4 is 175 Å². The zero-order chi connectivity index (χ0) is 79.0. The third kappa shape index (κ3) is 30.6. The first kappa shape index (κ1) is 97.3. The van der Waals surface area contributed by atoms with Crippen LogP contribution < -0.4 is 16.4 Å². The van der Waals surface area contributed by atoms with Crippen LogP contribution in [-0.2, 0) is 56.8 Å². The number of anilines is 3. The van der Waals surface area contributed by atoms with Crippen molar-refractivity contribution in [2.75, 3.05) is 51.2 Å². The number of cyclic esters (lactones) is 1. The Morgan fingerprint density at radius 1 is 0.667 bits per heavy atom. The number of amides is 4. The lowest BCUT2D eigenvalue weighted by molar-refractivity contribution is -0.185. The zero-order valence-corrected chi connectivity index (χ0v) is 64.2. The maximum Gasteiger partial charge on any atom is 0.407 e. The van der Waals surface area contributed by atoms with E-state index in [2.05, 4.69) is 92.2 Å². The number of hydrogen-bond donors (Lipinski definition) is 9. The molecule has 3 fully saturated rings. The van der Waals surface area contributed by atoms with Gasteiger partial charge in [0, 0.05) is 61.9 Å². The molecule has 4 amide bonds. The molecule has 8 rings (SSSR count). The highest BCUT2D eigenvalue weighted by Crippen LogP contribution is 2.41. The second kappa shape index (κ2) is 42.6. The number of benzene rings is 5. The third-order valence-electron chi connectivity index (χ3n) is 13.9. The SMILES string of the molecule is C=C(C)C(=O)N1CCC[C@H]1C(=O)O.C[C@@](O)(CBr)C(=O)O.C[C@]1(CBr)OC(=O)[C@@H]2CCCN2C1=O.Fc1ccc(S)cc1.S.S.[C-]#[N+]c1ccc(N)cc1C(F)(F)F.[C-]#[N+]c1ccc(NC(=O)[C@](C)(O)CBr)cc1C(F)(F)F.[C-]#[N+]c1ccc(NC(=O)[C@](C)(O)CSc2ccc(F)cc2)cc1C(F)(F)F. The van der Waals surface area contributed by atoms with Crippen molar-refractivity contribution in [3.05, 3.63) is 178 Å². The van der Waals surface area contributed by atoms with Crippen LogP contribution in [0.15, 0.2) is 125 Å². The fourth-order valence-electron chi connectivity index (χ4n) is 8.15. The Balaban J connectivity index is 0.00000124. The van der Waals surface area contributed by atoms with Crippen LogP contribution >= 0.6 is 99.2 Å². The van der Waals surface area contributed by atoms with E-state index in [1.54, 1.807) is 30.9 Å². The summed E-state index contributed by atoms with van der Waals surface area (Å²) in [6.45, 7) is 31.6. The number of carbonyl (C=O) groups excluding carboxylic acids is 5. The molecule has 0 aromatic heterocycles. The normalized spacial score (nSPS) is 17.2. The largest absolute Gasteiger partial charge is 0.480 e. The van der Waals surface area contributed by atoms with E-state index in [9.17, 15) is 92.1 Å². The van der Waals surface area contributed by atoms with Gasteiger partial charge in [0.05, 0.1) is 41.7 Å². The van der Waals surface area contributed by atoms with Crippen molar-refractivity contribution in [1.82, 2.24) is 9.80 Å². The molecule has 3 saturated heterocycles. The second-order valence-corrected chi connectivity index (χ2v) is 26.1. The fraction of sp³-hybridized carbons (Fsp3) is 0.364. The van der Waals surface area contributed by atoms with Gasteiger partial charge in [-0.3, -0.25) is 19.2 Å². The molecule has 5 aromatic carbocycles. The lowest BCUT2D eigenvalue weighted by Gasteiger charge is -2.39. The number of alkyl halides is 12. The summed E-state index contributed by atoms with van der Waals surface area (Å²) in [5.41, 5.74) is -5.89. The number of thiol groups is 1. The Labute approximate surface area is 644 Å². The van der Waals surface area contributed by atoms with Gasteiger partial charge in [-0.25, -0.2) is 37.7 Å². The van der Waals surface area contributed by atoms with E-state index in [1.165, 1.54) is 74.2 Å². The number of rotatable bonds is 13. The highest BCUT2D eigenvalue weighted by atomic mass is 79.9. The van der Waals surface area contributed by atoms with Gasteiger partial charge in [0.1, 0.15) is 34.9 Å². The summed E-state index contributed by atoms with van der Waals surface area (Å²) in [5.74, 6) is -5.21. The Morgan fingerprint density at radius 3 is 1.45 bits per heavy atom. The molecule has 5 aromatic rings. The van der Waals surface area contributed by atoms with E-state index < -0.39 is 110 Å². The number of likely N-dealkylation sites (tertiary alicyclic amines) is 1. The number of ether oxygens (including phenoxy) is 1. The number of nitrogen functional groups attached to an aromatic ring is 1. The lowest BCUT2D eigenvalue weighted by Crippen LogP contribution is -2.60. The summed E-state index contributed by atoms with van der Waals surface area (Å²) in [4.78, 5) is 92.3. The number of hydrogen-bond acceptors (Lipinski definition) is 14. The first-order valence-electron chi connectivity index (χ1n) is 29.3. The summed E-state index contributed by atoms with van der Waals surface area (Å²) >= 11 is 14.0. The number of aliphatic hydroxyl groups is 3. The van der Waals surface area contributed by atoms with Gasteiger partial charge in [-0.15, -0.1) is 24.4 Å². The molecule has 9 N–H and O–H groups in total. The molecule has 3 heterocycles. The molecule has 0 aliphatic carbocycles. The molecular formula is C66H70Br3F11N8O13S4. The summed E-state index contributed by atoms with van der Waals surface area (Å²) in [6, 6.07) is 19.1. The maximum absolute atomic E-state index is 13.0. The van der Waals surface area contributed by atoms with E-state index in [0.717, 1.165) is 66.3 Å². The summed E-state index contributed by atoms with van der Waals surface area (Å²) in [6.07, 6.45) is -11.0. The first-order valence-corrected chi connectivity index (χ1v) is 34.1. The van der Waals surface area contributed by atoms with Gasteiger partial charge in [-0.2, -0.15) is 66.5 Å². The molecule has 39 heteroatoms. The smallest absolute Gasteiger partial charge is 0.407 e. The van der Waals surface area contributed by atoms with Crippen LogP contribution in [0.5, 0.6) is 0 Å². The Morgan fingerprint density at radius 2 is 1.08 bits per heavy atom. The number of thioether (sulfide) groups is 1. The number of fused-ring (bicyclic) bond motifs is 1. The number of halogens is 14. The number of aliphatic carboxylic acids is 2. The summed E-state index contributed by atoms with van der Waals surface area (Å²) < 4.78 is 144. The number of nitrogens with one attached hydrogen (secondary N) is 2. The van der Waals surface area contributed by atoms with Crippen LogP contribution in [0.1, 0.15) is 77.0 Å². The molecular weight excluding hydrogens is 1690 g/mol. The lowest BCUT2D eigenvalue weighted by atomic mass is 10.0. The van der Waals surface area contributed by atoms with Gasteiger partial charge in [-0.1, -0.05) is 72.6 Å². The highest BCUT2D eigenvalue weighted by Gasteiger charge is 2.51. The van der Waals surface area contributed by atoms with Crippen molar-refractivity contribution in [3.8, 4) is 0 Å². The molecule has 0 unspecified atom stereocenters. The van der Waals surface area contributed by atoms with Gasteiger partial charge in [0.15, 0.2) is 28.3 Å². The quantitative estimate of drug-likeness (QED) is 0.00774. The molecule has 3 aliphatic heterocycles. The minimum atomic E-state index is -4.75. The monoisotopic (exact) mass is 1760 g/mol. The minimum Gasteiger partial charge on any atom is -0.480 e. The van der Waals surface area contributed by atoms with Crippen LogP contribution in [0, 0.1) is 31.4 Å². The number of carbonyl (C=O) groups is 7. The van der Waals surface area contributed by atoms with Gasteiger partial charge in [-0.05, 0) is 145 Å². The molecule has 21 nitrogen and oxygen atoms in total. The number of nitrogens with zero attached hydrogens (tertiary/aromatic N) is 5. The van der Waals surface area contributed by atoms with Crippen molar-refractivity contribution in [3.63, 3.8) is 0 Å². The molecule has 0 radical (unpaired) electrons. The molecule has 0 spiro atoms. The van der Waals surface area contributed by atoms with E-state index >= 15 is 0 Å². The Bertz CT molecular complexity index is 3960. The third-order valence-corrected chi connectivity index (χ3v) is 18.8. The standard InChI is InChI=1S/C18H14F4N2O2S.C12H10BrF3N2O2.C9H12BrNO3.C9H13NO3.C8H5F3N2.C6H5FS.C4H7BrO3.2H2S/c1-17(26,10-27-13-6-3-11(19)4-7-13)16(25)24-12-5-8-15(23-2)14(9-12)18(20,21)22;1-11(20,6-13)10(19)18-7-3-4-9(17-2)8(5-7)12(14,15)16;1-9(5-10)8(13)11-4-2-3-6(11)7(12)14-9;1-6(2)8(11)10-5-3-4-7(10)9(12)13;1-13-7-3-2-5(12)4-6(7)8(9,10)11;7-5-1-3-6(8)4-2-5;1-4(8,2-5)3(6)7;;/h3-9,26H,10H2,1H3,(H,24,25);3-5,20H,6H2,1H3,(H,18,19);6H,2-5H2,1H3;7H,1,3-5H2,2H3,(H,12,13);2-4H,12H2;1-4,8H;8H,2H2,1H3,(H,6,7);2*1H2/t17-;11-;6-,9+;7-;;;4-;;/m1100..1../s1. The number of nitrogens with two attached hydrogens (primary N) is 1. The second-order valence-electron chi connectivity index (χ2n) is 22.8. The van der Waals surface area contributed by atoms with Crippen molar-refractivity contribution in [1.29, 1.82) is 0 Å². The average Bonchev–Trinajstić information content (AvgIpc) is 1.70. The van der Waals surface area contributed by atoms with Gasteiger partial charge in [0.2, 0.25) is 5.91 Å². The molecule has 0 saturated carbocycles. The van der Waals surface area contributed by atoms with E-state index in [4.69, 9.17) is 45.5 Å². The number of carboxylic acid groups (broad SMARTS) is 2.